The van der Waals surface area contributed by atoms with Gasteiger partial charge in [0.15, 0.2) is 0 Å². The second-order valence-corrected chi connectivity index (χ2v) is 4.22. The number of fused-ring (bicyclic) bond motifs is 1. The molecular formula is C13H14O2Si. The van der Waals surface area contributed by atoms with Crippen molar-refractivity contribution in [2.75, 3.05) is 0 Å². The predicted octanol–water partition coefficient (Wildman–Crippen LogP) is 1.77. The Labute approximate surface area is 97.8 Å². The van der Waals surface area contributed by atoms with Gasteiger partial charge in [-0.25, -0.2) is 0 Å². The van der Waals surface area contributed by atoms with Crippen LogP contribution in [0.3, 0.4) is 0 Å². The first kappa shape index (κ1) is 10.9. The average molecular weight is 230 g/mol. The molecule has 0 aliphatic heterocycles. The summed E-state index contributed by atoms with van der Waals surface area (Å²) in [7, 11) is 0.453. The largest absolute Gasteiger partial charge is 0.528 e. The number of rotatable bonds is 2. The zero-order valence-corrected chi connectivity index (χ0v) is 11.4. The lowest BCUT2D eigenvalue weighted by Gasteiger charge is -2.12. The van der Waals surface area contributed by atoms with E-state index < -0.39 is 0 Å². The number of carbonyl (C=O) groups excluding carboxylic acids is 1. The van der Waals surface area contributed by atoms with E-state index >= 15 is 0 Å². The van der Waals surface area contributed by atoms with Gasteiger partial charge in [-0.1, -0.05) is 42.5 Å². The highest BCUT2D eigenvalue weighted by Crippen LogP contribution is 2.25. The van der Waals surface area contributed by atoms with E-state index in [4.69, 9.17) is 4.43 Å². The maximum atomic E-state index is 11.6. The van der Waals surface area contributed by atoms with Gasteiger partial charge in [0.2, 0.25) is 10.5 Å². The van der Waals surface area contributed by atoms with Gasteiger partial charge in [0.25, 0.3) is 5.97 Å². The van der Waals surface area contributed by atoms with Gasteiger partial charge in [-0.2, -0.15) is 0 Å². The van der Waals surface area contributed by atoms with Crippen molar-refractivity contribution in [1.82, 2.24) is 0 Å². The van der Waals surface area contributed by atoms with Gasteiger partial charge >= 0.3 is 0 Å². The topological polar surface area (TPSA) is 26.3 Å². The van der Waals surface area contributed by atoms with Gasteiger partial charge in [0.1, 0.15) is 0 Å². The molecule has 0 heterocycles. The van der Waals surface area contributed by atoms with E-state index in [1.54, 1.807) is 0 Å². The Morgan fingerprint density at radius 2 is 1.88 bits per heavy atom. The van der Waals surface area contributed by atoms with Gasteiger partial charge in [-0.15, -0.1) is 0 Å². The highest BCUT2D eigenvalue weighted by molar-refractivity contribution is 6.07. The Kier molecular flexibility index (Phi) is 3.06. The first-order chi connectivity index (χ1) is 7.74. The maximum absolute atomic E-state index is 11.6. The van der Waals surface area contributed by atoms with E-state index in [0.717, 1.165) is 16.3 Å². The van der Waals surface area contributed by atoms with Crippen molar-refractivity contribution in [3.63, 3.8) is 0 Å². The van der Waals surface area contributed by atoms with Crippen LogP contribution < -0.4 is 0 Å². The zero-order valence-electron chi connectivity index (χ0n) is 9.44. The molecule has 0 N–H and O–H groups in total. The zero-order chi connectivity index (χ0) is 11.5. The summed E-state index contributed by atoms with van der Waals surface area (Å²) in [4.78, 5) is 11.6. The van der Waals surface area contributed by atoms with E-state index in [9.17, 15) is 4.79 Å². The second-order valence-electron chi connectivity index (χ2n) is 3.81. The monoisotopic (exact) mass is 230 g/mol. The molecule has 0 radical (unpaired) electrons. The van der Waals surface area contributed by atoms with Crippen LogP contribution in [0.2, 0.25) is 0 Å². The molecule has 2 rings (SSSR count). The van der Waals surface area contributed by atoms with E-state index in [-0.39, 0.29) is 11.9 Å². The third-order valence-electron chi connectivity index (χ3n) is 2.84. The van der Waals surface area contributed by atoms with Crippen molar-refractivity contribution in [2.45, 2.75) is 12.8 Å². The summed E-state index contributed by atoms with van der Waals surface area (Å²) in [6.45, 7) is 1.89. The van der Waals surface area contributed by atoms with Crippen molar-refractivity contribution in [2.24, 2.45) is 0 Å². The quantitative estimate of drug-likeness (QED) is 0.735. The smallest absolute Gasteiger partial charge is 0.299 e. The van der Waals surface area contributed by atoms with E-state index in [0.29, 0.717) is 10.5 Å². The third kappa shape index (κ3) is 1.86. The Morgan fingerprint density at radius 3 is 2.62 bits per heavy atom. The van der Waals surface area contributed by atoms with E-state index in [2.05, 4.69) is 12.1 Å². The van der Waals surface area contributed by atoms with Crippen LogP contribution in [-0.4, -0.2) is 16.5 Å². The van der Waals surface area contributed by atoms with Crippen molar-refractivity contribution in [1.29, 1.82) is 0 Å². The molecule has 0 saturated carbocycles. The first-order valence-electron chi connectivity index (χ1n) is 5.29. The molecule has 0 aliphatic carbocycles. The minimum atomic E-state index is -0.191. The first-order valence-corrected chi connectivity index (χ1v) is 6.11. The molecule has 0 saturated heterocycles. The number of hydrogen-bond donors (Lipinski definition) is 0. The normalized spacial score (nSPS) is 12.6. The summed E-state index contributed by atoms with van der Waals surface area (Å²) in [6.07, 6.45) is 0. The van der Waals surface area contributed by atoms with Gasteiger partial charge in [0.05, 0.1) is 5.92 Å². The minimum absolute atomic E-state index is 0.136. The fourth-order valence-electron chi connectivity index (χ4n) is 1.93. The van der Waals surface area contributed by atoms with Crippen LogP contribution in [0.4, 0.5) is 0 Å². The Morgan fingerprint density at radius 1 is 1.19 bits per heavy atom. The lowest BCUT2D eigenvalue weighted by molar-refractivity contribution is -0.135. The fraction of sp³-hybridized carbons (Fsp3) is 0.154. The lowest BCUT2D eigenvalue weighted by atomic mass is 9.95. The number of hydrogen-bond acceptors (Lipinski definition) is 2. The lowest BCUT2D eigenvalue weighted by Crippen LogP contribution is -2.11. The molecule has 1 atom stereocenters. The number of carbonyl (C=O) groups is 1. The van der Waals surface area contributed by atoms with Crippen LogP contribution in [0, 0.1) is 0 Å². The summed E-state index contributed by atoms with van der Waals surface area (Å²) in [5.41, 5.74) is 1.04. The highest BCUT2D eigenvalue weighted by atomic mass is 28.2. The molecule has 1 unspecified atom stereocenters. The van der Waals surface area contributed by atoms with Crippen molar-refractivity contribution >= 4 is 27.2 Å². The van der Waals surface area contributed by atoms with Crippen LogP contribution in [0.5, 0.6) is 0 Å². The Balaban J connectivity index is 2.56. The van der Waals surface area contributed by atoms with Crippen LogP contribution >= 0.6 is 0 Å². The molecular weight excluding hydrogens is 216 g/mol. The fourth-order valence-corrected chi connectivity index (χ4v) is 2.29. The van der Waals surface area contributed by atoms with E-state index in [1.807, 2.05) is 37.3 Å². The minimum Gasteiger partial charge on any atom is -0.528 e. The van der Waals surface area contributed by atoms with Gasteiger partial charge in [-0.05, 0) is 23.3 Å². The summed E-state index contributed by atoms with van der Waals surface area (Å²) < 4.78 is 4.92. The SMILES string of the molecule is CC(C(=O)O[SiH3])c1cccc2ccccc12. The standard InChI is InChI=1S/C13H14O2Si/c1-9(13(14)15-16)11-8-4-6-10-5-2-3-7-12(10)11/h2-9H,1,16H3. The maximum Gasteiger partial charge on any atom is 0.299 e. The van der Waals surface area contributed by atoms with Gasteiger partial charge in [-0.3, -0.25) is 4.79 Å². The third-order valence-corrected chi connectivity index (χ3v) is 3.25. The van der Waals surface area contributed by atoms with Crippen LogP contribution in [0.1, 0.15) is 18.4 Å². The highest BCUT2D eigenvalue weighted by Gasteiger charge is 2.16. The van der Waals surface area contributed by atoms with Crippen molar-refractivity contribution in [3.05, 3.63) is 48.0 Å². The molecule has 0 amide bonds. The molecule has 0 bridgehead atoms. The molecule has 2 aromatic carbocycles. The summed E-state index contributed by atoms with van der Waals surface area (Å²) >= 11 is 0. The molecule has 2 nitrogen and oxygen atoms in total. The van der Waals surface area contributed by atoms with Crippen LogP contribution in [-0.2, 0) is 9.22 Å². The molecule has 0 aliphatic rings. The summed E-state index contributed by atoms with van der Waals surface area (Å²) in [5.74, 6) is -0.327. The molecule has 82 valence electrons. The molecule has 2 aromatic rings. The predicted molar refractivity (Wildman–Crippen MR) is 68.4 cm³/mol. The van der Waals surface area contributed by atoms with Crippen LogP contribution in [0.25, 0.3) is 10.8 Å². The molecule has 0 fully saturated rings. The second kappa shape index (κ2) is 4.49. The Hall–Kier alpha value is -1.61. The molecule has 3 heteroatoms. The summed E-state index contributed by atoms with van der Waals surface area (Å²) in [6, 6.07) is 14.1. The Bertz CT molecular complexity index is 517. The van der Waals surface area contributed by atoms with Crippen LogP contribution in [0.15, 0.2) is 42.5 Å². The molecule has 16 heavy (non-hydrogen) atoms. The van der Waals surface area contributed by atoms with Gasteiger partial charge in [0, 0.05) is 0 Å². The van der Waals surface area contributed by atoms with Gasteiger partial charge < -0.3 is 4.43 Å². The molecule has 0 aromatic heterocycles. The van der Waals surface area contributed by atoms with E-state index in [1.165, 1.54) is 0 Å². The summed E-state index contributed by atoms with van der Waals surface area (Å²) in [5, 5.41) is 2.29. The number of benzene rings is 2. The average Bonchev–Trinajstić information content (AvgIpc) is 2.36. The van der Waals surface area contributed by atoms with Crippen molar-refractivity contribution in [3.8, 4) is 0 Å². The van der Waals surface area contributed by atoms with Crippen molar-refractivity contribution < 1.29 is 9.22 Å². The molecule has 0 spiro atoms.